The van der Waals surface area contributed by atoms with Crippen LogP contribution in [0.1, 0.15) is 32.1 Å². The summed E-state index contributed by atoms with van der Waals surface area (Å²) in [6, 6.07) is 0. The highest BCUT2D eigenvalue weighted by Crippen LogP contribution is 2.14. The van der Waals surface area contributed by atoms with Crippen molar-refractivity contribution in [3.05, 3.63) is 0 Å². The number of likely N-dealkylation sites (tertiary alicyclic amines) is 1. The highest BCUT2D eigenvalue weighted by atomic mass is 16.4. The van der Waals surface area contributed by atoms with Crippen LogP contribution in [0.5, 0.6) is 0 Å². The van der Waals surface area contributed by atoms with Gasteiger partial charge in [0.25, 0.3) is 0 Å². The van der Waals surface area contributed by atoms with Crippen molar-refractivity contribution in [1.29, 1.82) is 0 Å². The lowest BCUT2D eigenvalue weighted by atomic mass is 9.97. The molecular formula is C12H26N4O. The molecule has 1 aliphatic heterocycles. The first-order valence-electron chi connectivity index (χ1n) is 6.58. The Morgan fingerprint density at radius 1 is 1.41 bits per heavy atom. The van der Waals surface area contributed by atoms with E-state index in [0.717, 1.165) is 31.8 Å². The first-order chi connectivity index (χ1) is 8.22. The number of nitrogens with zero attached hydrogens (tertiary/aromatic N) is 2. The molecule has 17 heavy (non-hydrogen) atoms. The monoisotopic (exact) mass is 242 g/mol. The first-order valence-corrected chi connectivity index (χ1v) is 6.58. The van der Waals surface area contributed by atoms with Crippen LogP contribution in [-0.4, -0.2) is 49.2 Å². The molecule has 1 aliphatic rings. The molecule has 1 fully saturated rings. The quantitative estimate of drug-likeness (QED) is 0.203. The zero-order valence-corrected chi connectivity index (χ0v) is 10.9. The lowest BCUT2D eigenvalue weighted by Crippen LogP contribution is -2.35. The van der Waals surface area contributed by atoms with E-state index < -0.39 is 0 Å². The van der Waals surface area contributed by atoms with Crippen LogP contribution in [0, 0.1) is 5.92 Å². The number of amidine groups is 1. The molecule has 5 heteroatoms. The molecule has 0 aromatic carbocycles. The van der Waals surface area contributed by atoms with Crippen molar-refractivity contribution in [3.63, 3.8) is 0 Å². The van der Waals surface area contributed by atoms with Crippen LogP contribution in [-0.2, 0) is 0 Å². The molecule has 0 spiro atoms. The fraction of sp³-hybridized carbons (Fsp3) is 0.917. The van der Waals surface area contributed by atoms with Crippen molar-refractivity contribution in [2.75, 3.05) is 33.2 Å². The van der Waals surface area contributed by atoms with Gasteiger partial charge in [-0.3, -0.25) is 0 Å². The number of piperidine rings is 1. The van der Waals surface area contributed by atoms with Gasteiger partial charge in [-0.1, -0.05) is 5.16 Å². The third-order valence-electron chi connectivity index (χ3n) is 3.44. The Labute approximate surface area is 104 Å². The van der Waals surface area contributed by atoms with E-state index in [-0.39, 0.29) is 0 Å². The highest BCUT2D eigenvalue weighted by Gasteiger charge is 2.15. The van der Waals surface area contributed by atoms with Gasteiger partial charge in [0.15, 0.2) is 0 Å². The van der Waals surface area contributed by atoms with Crippen LogP contribution >= 0.6 is 0 Å². The van der Waals surface area contributed by atoms with Gasteiger partial charge >= 0.3 is 0 Å². The SMILES string of the molecule is CN1CCC(CNCCCCC(N)=NO)CC1. The largest absolute Gasteiger partial charge is 0.409 e. The van der Waals surface area contributed by atoms with E-state index in [1.165, 1.54) is 25.9 Å². The number of oxime groups is 1. The summed E-state index contributed by atoms with van der Waals surface area (Å²) in [5.41, 5.74) is 5.39. The van der Waals surface area contributed by atoms with Crippen LogP contribution in [0.2, 0.25) is 0 Å². The molecule has 0 unspecified atom stereocenters. The Morgan fingerprint density at radius 3 is 2.76 bits per heavy atom. The number of hydrogen-bond donors (Lipinski definition) is 3. The second-order valence-electron chi connectivity index (χ2n) is 5.00. The summed E-state index contributed by atoms with van der Waals surface area (Å²) in [5, 5.41) is 14.8. The lowest BCUT2D eigenvalue weighted by molar-refractivity contribution is 0.216. The number of nitrogens with one attached hydrogen (secondary N) is 1. The van der Waals surface area contributed by atoms with Crippen LogP contribution in [0.4, 0.5) is 0 Å². The topological polar surface area (TPSA) is 73.9 Å². The van der Waals surface area contributed by atoms with Crippen molar-refractivity contribution >= 4 is 5.84 Å². The molecule has 1 rings (SSSR count). The summed E-state index contributed by atoms with van der Waals surface area (Å²) < 4.78 is 0. The maximum absolute atomic E-state index is 8.37. The van der Waals surface area contributed by atoms with Crippen LogP contribution in [0.25, 0.3) is 0 Å². The van der Waals surface area contributed by atoms with E-state index in [4.69, 9.17) is 10.9 Å². The molecule has 0 aliphatic carbocycles. The van der Waals surface area contributed by atoms with Crippen LogP contribution in [0.15, 0.2) is 5.16 Å². The minimum absolute atomic E-state index is 0.334. The predicted octanol–water partition coefficient (Wildman–Crippen LogP) is 0.835. The molecule has 0 radical (unpaired) electrons. The van der Waals surface area contributed by atoms with Crippen molar-refractivity contribution < 1.29 is 5.21 Å². The Morgan fingerprint density at radius 2 is 2.12 bits per heavy atom. The Bertz CT molecular complexity index is 225. The molecule has 100 valence electrons. The maximum atomic E-state index is 8.37. The smallest absolute Gasteiger partial charge is 0.139 e. The van der Waals surface area contributed by atoms with Gasteiger partial charge in [0.05, 0.1) is 0 Å². The molecule has 1 heterocycles. The normalized spacial score (nSPS) is 19.7. The highest BCUT2D eigenvalue weighted by molar-refractivity contribution is 5.79. The third-order valence-corrected chi connectivity index (χ3v) is 3.44. The molecule has 0 aromatic rings. The predicted molar refractivity (Wildman–Crippen MR) is 70.4 cm³/mol. The molecule has 5 nitrogen and oxygen atoms in total. The van der Waals surface area contributed by atoms with Crippen LogP contribution < -0.4 is 11.1 Å². The summed E-state index contributed by atoms with van der Waals surface area (Å²) in [6.45, 7) is 4.63. The van der Waals surface area contributed by atoms with Crippen LogP contribution in [0.3, 0.4) is 0 Å². The van der Waals surface area contributed by atoms with Crippen molar-refractivity contribution in [2.24, 2.45) is 16.8 Å². The second kappa shape index (κ2) is 8.31. The maximum Gasteiger partial charge on any atom is 0.139 e. The van der Waals surface area contributed by atoms with Gasteiger partial charge in [0.2, 0.25) is 0 Å². The van der Waals surface area contributed by atoms with Crippen molar-refractivity contribution in [1.82, 2.24) is 10.2 Å². The van der Waals surface area contributed by atoms with E-state index in [0.29, 0.717) is 12.3 Å². The second-order valence-corrected chi connectivity index (χ2v) is 5.00. The minimum Gasteiger partial charge on any atom is -0.409 e. The van der Waals surface area contributed by atoms with Gasteiger partial charge in [-0.2, -0.15) is 0 Å². The average Bonchev–Trinajstić information content (AvgIpc) is 2.35. The third kappa shape index (κ3) is 6.48. The molecular weight excluding hydrogens is 216 g/mol. The molecule has 0 saturated carbocycles. The standard InChI is InChI=1S/C12H26N4O/c1-16-8-5-11(6-9-16)10-14-7-3-2-4-12(13)15-17/h11,14,17H,2-10H2,1H3,(H2,13,15). The summed E-state index contributed by atoms with van der Waals surface area (Å²) in [5.74, 6) is 1.18. The summed E-state index contributed by atoms with van der Waals surface area (Å²) in [4.78, 5) is 2.40. The van der Waals surface area contributed by atoms with Gasteiger partial charge in [0, 0.05) is 6.42 Å². The average molecular weight is 242 g/mol. The number of nitrogens with two attached hydrogens (primary N) is 1. The molecule has 0 aromatic heterocycles. The molecule has 0 bridgehead atoms. The fourth-order valence-corrected chi connectivity index (χ4v) is 2.18. The Kier molecular flexibility index (Phi) is 6.96. The molecule has 1 saturated heterocycles. The Hall–Kier alpha value is -0.810. The summed E-state index contributed by atoms with van der Waals surface area (Å²) in [7, 11) is 2.19. The number of unbranched alkanes of at least 4 members (excludes halogenated alkanes) is 1. The van der Waals surface area contributed by atoms with E-state index in [2.05, 4.69) is 22.4 Å². The Balaban J connectivity index is 1.90. The van der Waals surface area contributed by atoms with Gasteiger partial charge < -0.3 is 21.2 Å². The van der Waals surface area contributed by atoms with E-state index in [9.17, 15) is 0 Å². The first kappa shape index (κ1) is 14.3. The molecule has 0 amide bonds. The van der Waals surface area contributed by atoms with Crippen molar-refractivity contribution in [3.8, 4) is 0 Å². The zero-order valence-electron chi connectivity index (χ0n) is 10.9. The van der Waals surface area contributed by atoms with E-state index in [1.807, 2.05) is 0 Å². The number of rotatable bonds is 7. The summed E-state index contributed by atoms with van der Waals surface area (Å²) in [6.07, 6.45) is 5.38. The van der Waals surface area contributed by atoms with E-state index in [1.54, 1.807) is 0 Å². The lowest BCUT2D eigenvalue weighted by Gasteiger charge is -2.29. The van der Waals surface area contributed by atoms with E-state index >= 15 is 0 Å². The molecule has 0 atom stereocenters. The summed E-state index contributed by atoms with van der Waals surface area (Å²) >= 11 is 0. The van der Waals surface area contributed by atoms with Gasteiger partial charge in [-0.15, -0.1) is 0 Å². The van der Waals surface area contributed by atoms with Gasteiger partial charge in [0.1, 0.15) is 5.84 Å². The minimum atomic E-state index is 0.334. The van der Waals surface area contributed by atoms with Crippen molar-refractivity contribution in [2.45, 2.75) is 32.1 Å². The zero-order chi connectivity index (χ0) is 12.5. The van der Waals surface area contributed by atoms with Gasteiger partial charge in [-0.05, 0) is 64.8 Å². The number of hydrogen-bond acceptors (Lipinski definition) is 4. The van der Waals surface area contributed by atoms with Gasteiger partial charge in [-0.25, -0.2) is 0 Å². The fourth-order valence-electron chi connectivity index (χ4n) is 2.18. The molecule has 4 N–H and O–H groups in total.